The molecule has 3 rings (SSSR count). The van der Waals surface area contributed by atoms with Crippen LogP contribution in [0.1, 0.15) is 19.4 Å². The van der Waals surface area contributed by atoms with Gasteiger partial charge < -0.3 is 9.15 Å². The van der Waals surface area contributed by atoms with Crippen LogP contribution in [0.3, 0.4) is 0 Å². The highest BCUT2D eigenvalue weighted by Crippen LogP contribution is 2.29. The highest BCUT2D eigenvalue weighted by Gasteiger charge is 2.14. The Balaban J connectivity index is 2.41. The van der Waals surface area contributed by atoms with Crippen molar-refractivity contribution >= 4 is 21.9 Å². The maximum atomic E-state index is 12.9. The Morgan fingerprint density at radius 1 is 1.14 bits per heavy atom. The topological polar surface area (TPSA) is 39.4 Å². The van der Waals surface area contributed by atoms with E-state index in [0.29, 0.717) is 34.1 Å². The van der Waals surface area contributed by atoms with E-state index in [1.807, 2.05) is 38.1 Å². The van der Waals surface area contributed by atoms with Gasteiger partial charge in [-0.05, 0) is 44.5 Å². The van der Waals surface area contributed by atoms with Crippen LogP contribution in [0, 0.1) is 0 Å². The predicted octanol–water partition coefficient (Wildman–Crippen LogP) is 4.46. The van der Waals surface area contributed by atoms with Gasteiger partial charge in [0.25, 0.3) is 0 Å². The number of rotatable bonds is 3. The third-order valence-corrected chi connectivity index (χ3v) is 3.74. The van der Waals surface area contributed by atoms with Crippen LogP contribution < -0.4 is 10.2 Å². The molecule has 3 aromatic rings. The molecule has 0 saturated carbocycles. The van der Waals surface area contributed by atoms with Gasteiger partial charge in [-0.3, -0.25) is 4.79 Å². The van der Waals surface area contributed by atoms with Crippen LogP contribution in [0.4, 0.5) is 0 Å². The van der Waals surface area contributed by atoms with Crippen molar-refractivity contribution in [1.82, 2.24) is 0 Å². The Hall–Kier alpha value is -2.55. The second-order valence-electron chi connectivity index (χ2n) is 5.53. The summed E-state index contributed by atoms with van der Waals surface area (Å²) in [5.41, 5.74) is 3.28. The first-order valence-corrected chi connectivity index (χ1v) is 7.26. The molecule has 0 N–H and O–H groups in total. The van der Waals surface area contributed by atoms with E-state index >= 15 is 0 Å². The number of ether oxygens (including phenoxy) is 1. The number of hydrogen-bond donors (Lipinski definition) is 0. The van der Waals surface area contributed by atoms with E-state index in [1.54, 1.807) is 19.2 Å². The lowest BCUT2D eigenvalue weighted by atomic mass is 10.0. The highest BCUT2D eigenvalue weighted by atomic mass is 16.5. The van der Waals surface area contributed by atoms with Crippen LogP contribution in [0.15, 0.2) is 57.3 Å². The van der Waals surface area contributed by atoms with Gasteiger partial charge in [-0.2, -0.15) is 0 Å². The summed E-state index contributed by atoms with van der Waals surface area (Å²) in [6.07, 6.45) is 2.73. The molecule has 0 aliphatic carbocycles. The molecule has 0 atom stereocenters. The van der Waals surface area contributed by atoms with Gasteiger partial charge in [-0.15, -0.1) is 0 Å². The zero-order valence-electron chi connectivity index (χ0n) is 13.0. The average Bonchev–Trinajstić information content (AvgIpc) is 2.52. The van der Waals surface area contributed by atoms with Crippen molar-refractivity contribution in [3.8, 4) is 5.75 Å². The van der Waals surface area contributed by atoms with Crippen LogP contribution in [-0.4, -0.2) is 7.11 Å². The molecule has 0 spiro atoms. The van der Waals surface area contributed by atoms with Gasteiger partial charge in [-0.25, -0.2) is 0 Å². The first-order chi connectivity index (χ1) is 10.6. The minimum atomic E-state index is -0.00657. The molecule has 0 unspecified atom stereocenters. The standard InChI is InChI=1S/C19H18O3/c1-12(2)8-9-13-15(21-3)10-11-17-18(13)19(20)14-6-4-5-7-16(14)22-17/h4-8,10-11H,9H2,1-3H3. The van der Waals surface area contributed by atoms with E-state index in [2.05, 4.69) is 6.08 Å². The Morgan fingerprint density at radius 3 is 2.64 bits per heavy atom. The molecule has 0 radical (unpaired) electrons. The van der Waals surface area contributed by atoms with E-state index in [0.717, 1.165) is 5.56 Å². The Kier molecular flexibility index (Phi) is 3.72. The van der Waals surface area contributed by atoms with Gasteiger partial charge in [0.05, 0.1) is 17.9 Å². The molecule has 3 nitrogen and oxygen atoms in total. The van der Waals surface area contributed by atoms with Crippen molar-refractivity contribution in [3.63, 3.8) is 0 Å². The van der Waals surface area contributed by atoms with Crippen LogP contribution >= 0.6 is 0 Å². The average molecular weight is 294 g/mol. The quantitative estimate of drug-likeness (QED) is 0.528. The van der Waals surface area contributed by atoms with Crippen molar-refractivity contribution < 1.29 is 9.15 Å². The Morgan fingerprint density at radius 2 is 1.91 bits per heavy atom. The van der Waals surface area contributed by atoms with E-state index < -0.39 is 0 Å². The lowest BCUT2D eigenvalue weighted by molar-refractivity contribution is 0.411. The summed E-state index contributed by atoms with van der Waals surface area (Å²) in [5.74, 6) is 0.715. The maximum absolute atomic E-state index is 12.9. The molecule has 0 aliphatic rings. The molecule has 0 bridgehead atoms. The summed E-state index contributed by atoms with van der Waals surface area (Å²) in [7, 11) is 1.62. The molecule has 112 valence electrons. The number of para-hydroxylation sites is 1. The first kappa shape index (κ1) is 14.4. The normalized spacial score (nSPS) is 10.9. The van der Waals surface area contributed by atoms with Crippen molar-refractivity contribution in [2.45, 2.75) is 20.3 Å². The highest BCUT2D eigenvalue weighted by molar-refractivity contribution is 5.92. The van der Waals surface area contributed by atoms with Crippen LogP contribution in [0.25, 0.3) is 21.9 Å². The Labute approximate surface area is 128 Å². The van der Waals surface area contributed by atoms with E-state index in [4.69, 9.17) is 9.15 Å². The third kappa shape index (κ3) is 2.39. The van der Waals surface area contributed by atoms with Gasteiger partial charge in [-0.1, -0.05) is 23.8 Å². The fourth-order valence-corrected chi connectivity index (χ4v) is 2.64. The second kappa shape index (κ2) is 5.68. The molecule has 3 heteroatoms. The minimum Gasteiger partial charge on any atom is -0.496 e. The SMILES string of the molecule is COc1ccc2oc3ccccc3c(=O)c2c1CC=C(C)C. The number of methoxy groups -OCH3 is 1. The summed E-state index contributed by atoms with van der Waals surface area (Å²) < 4.78 is 11.3. The van der Waals surface area contributed by atoms with E-state index in [1.165, 1.54) is 5.57 Å². The maximum Gasteiger partial charge on any atom is 0.200 e. The summed E-state index contributed by atoms with van der Waals surface area (Å²) in [6, 6.07) is 11.0. The largest absolute Gasteiger partial charge is 0.496 e. The van der Waals surface area contributed by atoms with Crippen LogP contribution in [0.2, 0.25) is 0 Å². The molecular weight excluding hydrogens is 276 g/mol. The predicted molar refractivity (Wildman–Crippen MR) is 89.7 cm³/mol. The molecule has 0 amide bonds. The zero-order chi connectivity index (χ0) is 15.7. The van der Waals surface area contributed by atoms with E-state index in [9.17, 15) is 4.79 Å². The molecule has 2 aromatic carbocycles. The Bertz CT molecular complexity index is 928. The molecule has 22 heavy (non-hydrogen) atoms. The van der Waals surface area contributed by atoms with Crippen LogP contribution in [-0.2, 0) is 6.42 Å². The summed E-state index contributed by atoms with van der Waals surface area (Å²) in [5, 5.41) is 1.21. The molecule has 1 aromatic heterocycles. The summed E-state index contributed by atoms with van der Waals surface area (Å²) >= 11 is 0. The molecule has 0 aliphatic heterocycles. The number of hydrogen-bond acceptors (Lipinski definition) is 3. The van der Waals surface area contributed by atoms with Crippen molar-refractivity contribution in [3.05, 3.63) is 63.8 Å². The fourth-order valence-electron chi connectivity index (χ4n) is 2.64. The van der Waals surface area contributed by atoms with Crippen LogP contribution in [0.5, 0.6) is 5.75 Å². The fraction of sp³-hybridized carbons (Fsp3) is 0.211. The summed E-state index contributed by atoms with van der Waals surface area (Å²) in [4.78, 5) is 12.9. The van der Waals surface area contributed by atoms with Gasteiger partial charge in [0.2, 0.25) is 5.43 Å². The molecule has 0 fully saturated rings. The molecule has 0 saturated heterocycles. The van der Waals surface area contributed by atoms with Gasteiger partial charge >= 0.3 is 0 Å². The lowest BCUT2D eigenvalue weighted by Gasteiger charge is -2.10. The van der Waals surface area contributed by atoms with Gasteiger partial charge in [0, 0.05) is 5.56 Å². The van der Waals surface area contributed by atoms with Gasteiger partial charge in [0.1, 0.15) is 16.9 Å². The second-order valence-corrected chi connectivity index (χ2v) is 5.53. The third-order valence-electron chi connectivity index (χ3n) is 3.74. The number of benzene rings is 2. The molecular formula is C19H18O3. The minimum absolute atomic E-state index is 0.00657. The van der Waals surface area contributed by atoms with Crippen molar-refractivity contribution in [2.24, 2.45) is 0 Å². The zero-order valence-corrected chi connectivity index (χ0v) is 13.0. The first-order valence-electron chi connectivity index (χ1n) is 7.26. The number of fused-ring (bicyclic) bond motifs is 2. The molecule has 1 heterocycles. The monoisotopic (exact) mass is 294 g/mol. The van der Waals surface area contributed by atoms with Crippen molar-refractivity contribution in [2.75, 3.05) is 7.11 Å². The summed E-state index contributed by atoms with van der Waals surface area (Å²) in [6.45, 7) is 4.07. The smallest absolute Gasteiger partial charge is 0.200 e. The van der Waals surface area contributed by atoms with Gasteiger partial charge in [0.15, 0.2) is 0 Å². The lowest BCUT2D eigenvalue weighted by Crippen LogP contribution is -2.06. The van der Waals surface area contributed by atoms with E-state index in [-0.39, 0.29) is 5.43 Å². The van der Waals surface area contributed by atoms with Crippen molar-refractivity contribution in [1.29, 1.82) is 0 Å². The number of allylic oxidation sites excluding steroid dienone is 2.